The second-order valence-corrected chi connectivity index (χ2v) is 6.23. The number of nitrogens with zero attached hydrogens (tertiary/aromatic N) is 4. The van der Waals surface area contributed by atoms with Crippen molar-refractivity contribution >= 4 is 43.5 Å². The molecule has 110 valence electrons. The number of H-pyrrole nitrogens is 1. The molecular formula is C13H12Br2ClN5. The number of hydrogen-bond donors (Lipinski definition) is 1. The van der Waals surface area contributed by atoms with Gasteiger partial charge in [0.25, 0.3) is 0 Å². The maximum atomic E-state index is 6.00. The Hall–Kier alpha value is -1.18. The normalized spacial score (nSPS) is 10.1. The molecule has 0 spiro atoms. The Bertz CT molecular complexity index is 721. The average Bonchev–Trinajstić information content (AvgIpc) is 2.96. The molecule has 0 aliphatic heterocycles. The summed E-state index contributed by atoms with van der Waals surface area (Å²) in [5, 5.41) is 11.4. The van der Waals surface area contributed by atoms with Crippen LogP contribution in [0.15, 0.2) is 39.7 Å². The van der Waals surface area contributed by atoms with E-state index in [1.807, 2.05) is 26.0 Å². The molecule has 1 N–H and O–H groups in total. The van der Waals surface area contributed by atoms with Crippen LogP contribution in [0.25, 0.3) is 5.82 Å². The summed E-state index contributed by atoms with van der Waals surface area (Å²) in [6.07, 6.45) is 1.69. The summed E-state index contributed by atoms with van der Waals surface area (Å²) in [7, 11) is 0. The first-order valence-electron chi connectivity index (χ1n) is 5.98. The quantitative estimate of drug-likeness (QED) is 0.616. The van der Waals surface area contributed by atoms with E-state index in [0.29, 0.717) is 10.8 Å². The van der Waals surface area contributed by atoms with Crippen LogP contribution in [0.5, 0.6) is 0 Å². The summed E-state index contributed by atoms with van der Waals surface area (Å²) in [6, 6.07) is 7.41. The van der Waals surface area contributed by atoms with Crippen molar-refractivity contribution in [2.45, 2.75) is 13.8 Å². The molecule has 0 amide bonds. The lowest BCUT2D eigenvalue weighted by molar-refractivity contribution is 0.811. The molecule has 3 aromatic heterocycles. The van der Waals surface area contributed by atoms with Crippen LogP contribution < -0.4 is 0 Å². The summed E-state index contributed by atoms with van der Waals surface area (Å²) in [5.41, 5.74) is 2.06. The second-order valence-electron chi connectivity index (χ2n) is 4.20. The molecule has 0 bridgehead atoms. The number of hydrogen-bond acceptors (Lipinski definition) is 3. The molecule has 0 aromatic carbocycles. The molecule has 21 heavy (non-hydrogen) atoms. The summed E-state index contributed by atoms with van der Waals surface area (Å²) in [5.74, 6) is 0.650. The molecule has 0 saturated carbocycles. The lowest BCUT2D eigenvalue weighted by atomic mass is 10.4. The van der Waals surface area contributed by atoms with Crippen molar-refractivity contribution in [3.63, 3.8) is 0 Å². The number of nitrogens with one attached hydrogen (secondary N) is 1. The van der Waals surface area contributed by atoms with Gasteiger partial charge in [-0.15, -0.1) is 0 Å². The van der Waals surface area contributed by atoms with Gasteiger partial charge in [0, 0.05) is 17.6 Å². The van der Waals surface area contributed by atoms with Crippen molar-refractivity contribution in [3.8, 4) is 5.82 Å². The predicted octanol–water partition coefficient (Wildman–Crippen LogP) is 4.47. The fraction of sp³-hybridized carbons (Fsp3) is 0.154. The smallest absolute Gasteiger partial charge is 0.172 e. The number of aromatic nitrogens is 5. The maximum absolute atomic E-state index is 6.00. The van der Waals surface area contributed by atoms with Gasteiger partial charge in [-0.2, -0.15) is 10.2 Å². The zero-order valence-electron chi connectivity index (χ0n) is 11.3. The number of aryl methyl sites for hydroxylation is 2. The minimum absolute atomic E-state index is 0.589. The molecule has 0 fully saturated rings. The third-order valence-electron chi connectivity index (χ3n) is 2.47. The fourth-order valence-corrected chi connectivity index (χ4v) is 2.69. The number of rotatable bonds is 1. The van der Waals surface area contributed by atoms with Crippen LogP contribution in [0.2, 0.25) is 5.02 Å². The molecule has 5 nitrogen and oxygen atoms in total. The summed E-state index contributed by atoms with van der Waals surface area (Å²) in [4.78, 5) is 4.17. The molecule has 0 saturated heterocycles. The lowest BCUT2D eigenvalue weighted by Gasteiger charge is -2.03. The van der Waals surface area contributed by atoms with Gasteiger partial charge in [0.1, 0.15) is 9.21 Å². The Labute approximate surface area is 144 Å². The highest BCUT2D eigenvalue weighted by atomic mass is 79.9. The Balaban J connectivity index is 0.000000194. The van der Waals surface area contributed by atoms with E-state index in [1.165, 1.54) is 0 Å². The molecule has 0 aliphatic rings. The van der Waals surface area contributed by atoms with E-state index in [9.17, 15) is 0 Å². The zero-order valence-corrected chi connectivity index (χ0v) is 15.2. The molecule has 3 aromatic rings. The molecule has 0 unspecified atom stereocenters. The van der Waals surface area contributed by atoms with Gasteiger partial charge in [0.2, 0.25) is 0 Å². The summed E-state index contributed by atoms with van der Waals surface area (Å²) in [6.45, 7) is 3.90. The second kappa shape index (κ2) is 7.20. The monoisotopic (exact) mass is 431 g/mol. The van der Waals surface area contributed by atoms with Crippen molar-refractivity contribution in [2.75, 3.05) is 0 Å². The van der Waals surface area contributed by atoms with E-state index in [0.717, 1.165) is 20.6 Å². The van der Waals surface area contributed by atoms with Crippen molar-refractivity contribution in [2.24, 2.45) is 0 Å². The minimum Gasteiger partial charge on any atom is -0.282 e. The highest BCUT2D eigenvalue weighted by Crippen LogP contribution is 2.20. The lowest BCUT2D eigenvalue weighted by Crippen LogP contribution is -2.01. The van der Waals surface area contributed by atoms with Crippen LogP contribution in [0.1, 0.15) is 11.4 Å². The van der Waals surface area contributed by atoms with Crippen LogP contribution in [-0.4, -0.2) is 25.0 Å². The van der Waals surface area contributed by atoms with Crippen LogP contribution in [-0.2, 0) is 0 Å². The van der Waals surface area contributed by atoms with Gasteiger partial charge < -0.3 is 0 Å². The molecule has 8 heteroatoms. The van der Waals surface area contributed by atoms with Crippen molar-refractivity contribution < 1.29 is 0 Å². The molecule has 0 aliphatic carbocycles. The van der Waals surface area contributed by atoms with Gasteiger partial charge >= 0.3 is 0 Å². The van der Waals surface area contributed by atoms with Crippen molar-refractivity contribution in [3.05, 3.63) is 56.1 Å². The SMILES string of the molecule is Cc1cc(Br)n[nH]1.Cc1cc(Br)nn1-c1ncccc1Cl. The number of halogens is 3. The van der Waals surface area contributed by atoms with Gasteiger partial charge in [0.05, 0.1) is 5.02 Å². The third kappa shape index (κ3) is 4.39. The largest absolute Gasteiger partial charge is 0.282 e. The van der Waals surface area contributed by atoms with Gasteiger partial charge in [-0.1, -0.05) is 11.6 Å². The van der Waals surface area contributed by atoms with Gasteiger partial charge in [0.15, 0.2) is 5.82 Å². The molecule has 0 radical (unpaired) electrons. The molecule has 3 rings (SSSR count). The van der Waals surface area contributed by atoms with Crippen molar-refractivity contribution in [1.29, 1.82) is 0 Å². The van der Waals surface area contributed by atoms with E-state index in [2.05, 4.69) is 52.1 Å². The molecular weight excluding hydrogens is 421 g/mol. The highest BCUT2D eigenvalue weighted by Gasteiger charge is 2.08. The van der Waals surface area contributed by atoms with Gasteiger partial charge in [-0.3, -0.25) is 5.10 Å². The van der Waals surface area contributed by atoms with Crippen LogP contribution in [0.3, 0.4) is 0 Å². The van der Waals surface area contributed by atoms with Gasteiger partial charge in [-0.05, 0) is 70.0 Å². The van der Waals surface area contributed by atoms with Gasteiger partial charge in [-0.25, -0.2) is 9.67 Å². The van der Waals surface area contributed by atoms with E-state index < -0.39 is 0 Å². The Kier molecular flexibility index (Phi) is 5.55. The molecule has 3 heterocycles. The van der Waals surface area contributed by atoms with E-state index >= 15 is 0 Å². The summed E-state index contributed by atoms with van der Waals surface area (Å²) >= 11 is 12.5. The van der Waals surface area contributed by atoms with E-state index in [1.54, 1.807) is 23.0 Å². The first kappa shape index (κ1) is 16.2. The van der Waals surface area contributed by atoms with E-state index in [4.69, 9.17) is 11.6 Å². The maximum Gasteiger partial charge on any atom is 0.172 e. The molecule has 0 atom stereocenters. The van der Waals surface area contributed by atoms with Crippen LogP contribution in [0.4, 0.5) is 0 Å². The standard InChI is InChI=1S/C9H7BrClN3.C4H5BrN2/c1-6-5-8(10)13-14(6)9-7(11)3-2-4-12-9;1-3-2-4(5)7-6-3/h2-5H,1H3;2H,1H3,(H,6,7). The Morgan fingerprint density at radius 2 is 1.95 bits per heavy atom. The number of aromatic amines is 1. The minimum atomic E-state index is 0.589. The topological polar surface area (TPSA) is 59.4 Å². The van der Waals surface area contributed by atoms with E-state index in [-0.39, 0.29) is 0 Å². The first-order valence-corrected chi connectivity index (χ1v) is 7.94. The van der Waals surface area contributed by atoms with Crippen molar-refractivity contribution in [1.82, 2.24) is 25.0 Å². The number of pyridine rings is 1. The summed E-state index contributed by atoms with van der Waals surface area (Å²) < 4.78 is 3.34. The highest BCUT2D eigenvalue weighted by molar-refractivity contribution is 9.10. The van der Waals surface area contributed by atoms with Crippen LogP contribution >= 0.6 is 43.5 Å². The third-order valence-corrected chi connectivity index (χ3v) is 3.56. The van der Waals surface area contributed by atoms with Crippen LogP contribution in [0, 0.1) is 13.8 Å². The Morgan fingerprint density at radius 1 is 1.19 bits per heavy atom. The fourth-order valence-electron chi connectivity index (χ4n) is 1.57. The zero-order chi connectivity index (χ0) is 15.4. The Morgan fingerprint density at radius 3 is 2.38 bits per heavy atom. The average molecular weight is 434 g/mol. The predicted molar refractivity (Wildman–Crippen MR) is 89.8 cm³/mol. The first-order chi connectivity index (χ1) is 9.97.